The van der Waals surface area contributed by atoms with Gasteiger partial charge in [0.15, 0.2) is 0 Å². The molecular weight excluding hydrogens is 318 g/mol. The number of carbonyl (C=O) groups is 1. The van der Waals surface area contributed by atoms with Gasteiger partial charge in [0.25, 0.3) is 0 Å². The Balaban J connectivity index is 1.87. The second-order valence-corrected chi connectivity index (χ2v) is 6.29. The van der Waals surface area contributed by atoms with Gasteiger partial charge in [0.2, 0.25) is 5.91 Å². The number of carbonyl (C=O) groups excluding carboxylic acids is 1. The van der Waals surface area contributed by atoms with Crippen LogP contribution in [0.5, 0.6) is 0 Å². The van der Waals surface area contributed by atoms with E-state index in [1.54, 1.807) is 0 Å². The third-order valence-electron chi connectivity index (χ3n) is 3.91. The molecule has 0 saturated heterocycles. The molecule has 1 saturated carbocycles. The minimum Gasteiger partial charge on any atom is -0.396 e. The van der Waals surface area contributed by atoms with Crippen LogP contribution in [0.4, 0.5) is 0 Å². The third-order valence-corrected chi connectivity index (χ3v) is 4.40. The fourth-order valence-electron chi connectivity index (χ4n) is 2.54. The summed E-state index contributed by atoms with van der Waals surface area (Å²) in [6, 6.07) is 8.53. The van der Waals surface area contributed by atoms with E-state index in [4.69, 9.17) is 5.11 Å². The molecular formula is C16H22BrNO2. The molecule has 1 N–H and O–H groups in total. The van der Waals surface area contributed by atoms with Crippen molar-refractivity contribution in [3.63, 3.8) is 0 Å². The summed E-state index contributed by atoms with van der Waals surface area (Å²) in [5, 5.41) is 8.96. The molecule has 0 heterocycles. The fraction of sp³-hybridized carbons (Fsp3) is 0.562. The molecule has 1 aromatic carbocycles. The molecule has 0 radical (unpaired) electrons. The molecule has 0 aliphatic heterocycles. The number of nitrogens with zero attached hydrogens (tertiary/aromatic N) is 1. The summed E-state index contributed by atoms with van der Waals surface area (Å²) >= 11 is 3.45. The first-order chi connectivity index (χ1) is 9.70. The van der Waals surface area contributed by atoms with Crippen LogP contribution in [-0.2, 0) is 11.2 Å². The van der Waals surface area contributed by atoms with Crippen LogP contribution < -0.4 is 0 Å². The minimum atomic E-state index is 0.155. The molecule has 1 fully saturated rings. The number of amides is 1. The lowest BCUT2D eigenvalue weighted by molar-refractivity contribution is -0.135. The van der Waals surface area contributed by atoms with Gasteiger partial charge in [-0.3, -0.25) is 4.79 Å². The zero-order valence-electron chi connectivity index (χ0n) is 11.7. The molecule has 1 amide bonds. The maximum atomic E-state index is 12.4. The molecule has 1 aliphatic rings. The van der Waals surface area contributed by atoms with Crippen LogP contribution in [0.15, 0.2) is 28.7 Å². The van der Waals surface area contributed by atoms with E-state index < -0.39 is 0 Å². The summed E-state index contributed by atoms with van der Waals surface area (Å²) < 4.78 is 1.05. The Kier molecular flexibility index (Phi) is 6.05. The largest absolute Gasteiger partial charge is 0.396 e. The number of rotatable bonds is 7. The summed E-state index contributed by atoms with van der Waals surface area (Å²) in [6.45, 7) is 0.848. The second kappa shape index (κ2) is 7.79. The maximum absolute atomic E-state index is 12.4. The van der Waals surface area contributed by atoms with Crippen LogP contribution >= 0.6 is 15.9 Å². The molecule has 110 valence electrons. The van der Waals surface area contributed by atoms with E-state index in [9.17, 15) is 4.79 Å². The van der Waals surface area contributed by atoms with Crippen LogP contribution in [0.3, 0.4) is 0 Å². The summed E-state index contributed by atoms with van der Waals surface area (Å²) in [4.78, 5) is 14.4. The van der Waals surface area contributed by atoms with Crippen molar-refractivity contribution in [1.29, 1.82) is 0 Å². The average Bonchev–Trinajstić information content (AvgIpc) is 2.38. The highest BCUT2D eigenvalue weighted by atomic mass is 79.9. The summed E-state index contributed by atoms with van der Waals surface area (Å²) in [6.07, 6.45) is 5.47. The molecule has 1 aromatic rings. The Labute approximate surface area is 129 Å². The first kappa shape index (κ1) is 15.5. The standard InChI is InChI=1S/C16H22BrNO2/c17-14-5-1-4-13(12-14)8-9-16(20)18(10-3-11-19)15-6-2-7-15/h1,4-5,12,15,19H,2-3,6-11H2. The zero-order valence-corrected chi connectivity index (χ0v) is 13.3. The first-order valence-electron chi connectivity index (χ1n) is 7.35. The molecule has 0 aromatic heterocycles. The Bertz CT molecular complexity index is 446. The molecule has 20 heavy (non-hydrogen) atoms. The van der Waals surface area contributed by atoms with Crippen LogP contribution in [0.2, 0.25) is 0 Å². The van der Waals surface area contributed by atoms with Gasteiger partial charge in [0.05, 0.1) is 0 Å². The van der Waals surface area contributed by atoms with Crippen molar-refractivity contribution in [3.05, 3.63) is 34.3 Å². The molecule has 0 bridgehead atoms. The van der Waals surface area contributed by atoms with Gasteiger partial charge >= 0.3 is 0 Å². The highest BCUT2D eigenvalue weighted by Gasteiger charge is 2.27. The molecule has 3 nitrogen and oxygen atoms in total. The van der Waals surface area contributed by atoms with Gasteiger partial charge < -0.3 is 10.0 Å². The smallest absolute Gasteiger partial charge is 0.223 e. The van der Waals surface area contributed by atoms with Crippen molar-refractivity contribution in [2.45, 2.75) is 44.6 Å². The van der Waals surface area contributed by atoms with E-state index in [0.29, 0.717) is 25.4 Å². The number of halogens is 1. The highest BCUT2D eigenvalue weighted by molar-refractivity contribution is 9.10. The predicted molar refractivity (Wildman–Crippen MR) is 83.5 cm³/mol. The van der Waals surface area contributed by atoms with Gasteiger partial charge in [0, 0.05) is 30.1 Å². The van der Waals surface area contributed by atoms with Gasteiger partial charge in [-0.2, -0.15) is 0 Å². The first-order valence-corrected chi connectivity index (χ1v) is 8.15. The molecule has 0 unspecified atom stereocenters. The van der Waals surface area contributed by atoms with Gasteiger partial charge in [-0.25, -0.2) is 0 Å². The Hall–Kier alpha value is -0.870. The van der Waals surface area contributed by atoms with Crippen molar-refractivity contribution < 1.29 is 9.90 Å². The van der Waals surface area contributed by atoms with E-state index in [2.05, 4.69) is 28.1 Å². The van der Waals surface area contributed by atoms with Crippen LogP contribution in [0, 0.1) is 0 Å². The van der Waals surface area contributed by atoms with E-state index in [1.807, 2.05) is 17.0 Å². The van der Waals surface area contributed by atoms with Crippen LogP contribution in [0.1, 0.15) is 37.7 Å². The Morgan fingerprint density at radius 1 is 1.40 bits per heavy atom. The number of benzene rings is 1. The number of aryl methyl sites for hydroxylation is 1. The van der Waals surface area contributed by atoms with Crippen molar-refractivity contribution in [2.75, 3.05) is 13.2 Å². The Morgan fingerprint density at radius 2 is 2.20 bits per heavy atom. The second-order valence-electron chi connectivity index (χ2n) is 5.38. The van der Waals surface area contributed by atoms with E-state index in [0.717, 1.165) is 23.7 Å². The SMILES string of the molecule is O=C(CCc1cccc(Br)c1)N(CCCO)C1CCC1. The van der Waals surface area contributed by atoms with Crippen molar-refractivity contribution in [2.24, 2.45) is 0 Å². The lowest BCUT2D eigenvalue weighted by atomic mass is 9.91. The van der Waals surface area contributed by atoms with E-state index >= 15 is 0 Å². The Morgan fingerprint density at radius 3 is 2.80 bits per heavy atom. The van der Waals surface area contributed by atoms with E-state index in [-0.39, 0.29) is 12.5 Å². The fourth-order valence-corrected chi connectivity index (χ4v) is 2.98. The molecule has 1 aliphatic carbocycles. The van der Waals surface area contributed by atoms with Crippen LogP contribution in [0.25, 0.3) is 0 Å². The van der Waals surface area contributed by atoms with Crippen molar-refractivity contribution >= 4 is 21.8 Å². The van der Waals surface area contributed by atoms with Gasteiger partial charge in [-0.05, 0) is 49.8 Å². The summed E-state index contributed by atoms with van der Waals surface area (Å²) in [5.41, 5.74) is 1.18. The maximum Gasteiger partial charge on any atom is 0.223 e. The monoisotopic (exact) mass is 339 g/mol. The molecule has 0 atom stereocenters. The van der Waals surface area contributed by atoms with Crippen molar-refractivity contribution in [1.82, 2.24) is 4.90 Å². The number of aliphatic hydroxyl groups is 1. The van der Waals surface area contributed by atoms with Gasteiger partial charge in [0.1, 0.15) is 0 Å². The van der Waals surface area contributed by atoms with Crippen molar-refractivity contribution in [3.8, 4) is 0 Å². The number of aliphatic hydroxyl groups excluding tert-OH is 1. The van der Waals surface area contributed by atoms with Gasteiger partial charge in [-0.1, -0.05) is 28.1 Å². The molecule has 2 rings (SSSR count). The predicted octanol–water partition coefficient (Wildman–Crippen LogP) is 3.15. The number of hydrogen-bond donors (Lipinski definition) is 1. The topological polar surface area (TPSA) is 40.5 Å². The number of hydrogen-bond acceptors (Lipinski definition) is 2. The van der Waals surface area contributed by atoms with E-state index in [1.165, 1.54) is 12.0 Å². The summed E-state index contributed by atoms with van der Waals surface area (Å²) in [5.74, 6) is 0.225. The third kappa shape index (κ3) is 4.32. The molecule has 4 heteroatoms. The van der Waals surface area contributed by atoms with Gasteiger partial charge in [-0.15, -0.1) is 0 Å². The summed E-state index contributed by atoms with van der Waals surface area (Å²) in [7, 11) is 0. The lowest BCUT2D eigenvalue weighted by Crippen LogP contribution is -2.45. The normalized spacial score (nSPS) is 14.9. The van der Waals surface area contributed by atoms with Crippen LogP contribution in [-0.4, -0.2) is 35.1 Å². The zero-order chi connectivity index (χ0) is 14.4. The molecule has 0 spiro atoms. The average molecular weight is 340 g/mol. The minimum absolute atomic E-state index is 0.155. The highest BCUT2D eigenvalue weighted by Crippen LogP contribution is 2.26. The quantitative estimate of drug-likeness (QED) is 0.828. The lowest BCUT2D eigenvalue weighted by Gasteiger charge is -2.37.